The van der Waals surface area contributed by atoms with Crippen LogP contribution < -0.4 is 0 Å². The summed E-state index contributed by atoms with van der Waals surface area (Å²) in [5.74, 6) is 1.35. The summed E-state index contributed by atoms with van der Waals surface area (Å²) in [5, 5.41) is 6.91. The molecule has 0 amide bonds. The van der Waals surface area contributed by atoms with Crippen LogP contribution >= 0.6 is 0 Å². The summed E-state index contributed by atoms with van der Waals surface area (Å²) >= 11 is 0. The first-order chi connectivity index (χ1) is 16.2. The first kappa shape index (κ1) is 25.6. The minimum atomic E-state index is 0.477. The van der Waals surface area contributed by atoms with E-state index >= 15 is 0 Å². The van der Waals surface area contributed by atoms with Gasteiger partial charge < -0.3 is 4.90 Å². The first-order valence-electron chi connectivity index (χ1n) is 12.3. The molecule has 1 N–H and O–H groups in total. The molecule has 0 saturated carbocycles. The lowest BCUT2D eigenvalue weighted by molar-refractivity contribution is 0.282. The average Bonchev–Trinajstić information content (AvgIpc) is 3.44. The van der Waals surface area contributed by atoms with Crippen molar-refractivity contribution in [2.75, 3.05) is 7.05 Å². The number of aromatic amines is 1. The lowest BCUT2D eigenvalue weighted by Crippen LogP contribution is -2.40. The van der Waals surface area contributed by atoms with Crippen molar-refractivity contribution in [1.82, 2.24) is 15.1 Å². The highest BCUT2D eigenvalue weighted by Gasteiger charge is 2.26. The fourth-order valence-corrected chi connectivity index (χ4v) is 4.44. The largest absolute Gasteiger partial charge is 0.368 e. The highest BCUT2D eigenvalue weighted by molar-refractivity contribution is 6.82. The summed E-state index contributed by atoms with van der Waals surface area (Å²) in [4.78, 5) is 11.4. The fraction of sp³-hybridized carbons (Fsp3) is 0.464. The molecule has 0 aliphatic carbocycles. The average molecular weight is 455 g/mol. The van der Waals surface area contributed by atoms with E-state index in [0.717, 1.165) is 51.3 Å². The zero-order valence-corrected chi connectivity index (χ0v) is 21.8. The molecule has 0 saturated heterocycles. The number of aromatic nitrogens is 2. The van der Waals surface area contributed by atoms with Crippen molar-refractivity contribution in [1.29, 1.82) is 0 Å². The molecule has 1 aliphatic heterocycles. The number of aryl methyl sites for hydroxylation is 1. The Kier molecular flexibility index (Phi) is 8.55. The fourth-order valence-electron chi connectivity index (χ4n) is 4.44. The third-order valence-corrected chi connectivity index (χ3v) is 6.48. The molecule has 0 fully saturated rings. The van der Waals surface area contributed by atoms with Gasteiger partial charge >= 0.3 is 5.70 Å². The molecule has 1 atom stereocenters. The Labute approximate surface area is 206 Å². The van der Waals surface area contributed by atoms with Gasteiger partial charge in [0.1, 0.15) is 0 Å². The van der Waals surface area contributed by atoms with Crippen molar-refractivity contribution in [2.24, 2.45) is 16.8 Å². The first-order valence-corrected chi connectivity index (χ1v) is 12.3. The summed E-state index contributed by atoms with van der Waals surface area (Å²) in [6.07, 6.45) is 9.32. The van der Waals surface area contributed by atoms with E-state index in [0.29, 0.717) is 17.9 Å². The highest BCUT2D eigenvalue weighted by Crippen LogP contribution is 2.29. The van der Waals surface area contributed by atoms with Crippen molar-refractivity contribution < 1.29 is 0 Å². The SMILES string of the molecule is C#[N+]/C(=C\C1=C(C)N=C(N(C)[C@@H](CCC(C)C)CC(C)C)[B]1)c1ccc(-c2cn[nH]c2)cc1C. The number of amidine groups is 1. The van der Waals surface area contributed by atoms with Crippen LogP contribution in [0.5, 0.6) is 0 Å². The van der Waals surface area contributed by atoms with Crippen LogP contribution in [0.15, 0.2) is 52.8 Å². The van der Waals surface area contributed by atoms with Gasteiger partial charge in [-0.1, -0.05) is 39.8 Å². The van der Waals surface area contributed by atoms with Crippen molar-refractivity contribution >= 4 is 18.7 Å². The Hall–Kier alpha value is -3.07. The lowest BCUT2D eigenvalue weighted by atomic mass is 9.68. The van der Waals surface area contributed by atoms with Crippen molar-refractivity contribution in [2.45, 2.75) is 66.8 Å². The van der Waals surface area contributed by atoms with Crippen LogP contribution in [-0.4, -0.2) is 41.2 Å². The monoisotopic (exact) mass is 455 g/mol. The van der Waals surface area contributed by atoms with Crippen molar-refractivity contribution in [3.8, 4) is 17.7 Å². The second-order valence-corrected chi connectivity index (χ2v) is 10.2. The van der Waals surface area contributed by atoms with Crippen molar-refractivity contribution in [3.63, 3.8) is 0 Å². The van der Waals surface area contributed by atoms with E-state index < -0.39 is 0 Å². The van der Waals surface area contributed by atoms with E-state index in [4.69, 9.17) is 11.6 Å². The quantitative estimate of drug-likeness (QED) is 0.424. The van der Waals surface area contributed by atoms with E-state index in [9.17, 15) is 0 Å². The van der Waals surface area contributed by atoms with Gasteiger partial charge in [0, 0.05) is 36.6 Å². The summed E-state index contributed by atoms with van der Waals surface area (Å²) < 4.78 is 0. The number of hydrogen-bond acceptors (Lipinski definition) is 3. The van der Waals surface area contributed by atoms with Gasteiger partial charge in [0.15, 0.2) is 0 Å². The molecule has 0 spiro atoms. The summed E-state index contributed by atoms with van der Waals surface area (Å²) in [7, 11) is 4.34. The second kappa shape index (κ2) is 11.4. The van der Waals surface area contributed by atoms with Gasteiger partial charge in [0.2, 0.25) is 7.28 Å². The van der Waals surface area contributed by atoms with Crippen LogP contribution in [0.1, 0.15) is 65.0 Å². The molecule has 1 radical (unpaired) electrons. The number of nitrogens with one attached hydrogen (secondary N) is 1. The second-order valence-electron chi connectivity index (χ2n) is 10.2. The van der Waals surface area contributed by atoms with Gasteiger partial charge in [-0.25, -0.2) is 0 Å². The molecule has 1 aromatic carbocycles. The van der Waals surface area contributed by atoms with E-state index in [1.54, 1.807) is 0 Å². The molecule has 2 aromatic rings. The highest BCUT2D eigenvalue weighted by atomic mass is 15.2. The smallest absolute Gasteiger partial charge is 0.346 e. The number of hydrogen-bond donors (Lipinski definition) is 1. The van der Waals surface area contributed by atoms with Crippen molar-refractivity contribution in [3.05, 3.63) is 63.8 Å². The Morgan fingerprint density at radius 3 is 2.50 bits per heavy atom. The number of H-pyrrole nitrogens is 1. The van der Waals surface area contributed by atoms with E-state index in [1.165, 1.54) is 12.8 Å². The number of benzene rings is 1. The van der Waals surface area contributed by atoms with Crippen LogP contribution in [0.2, 0.25) is 0 Å². The van der Waals surface area contributed by atoms with Gasteiger partial charge in [-0.15, -0.1) is 0 Å². The predicted molar refractivity (Wildman–Crippen MR) is 146 cm³/mol. The Morgan fingerprint density at radius 1 is 1.15 bits per heavy atom. The van der Waals surface area contributed by atoms with Crippen LogP contribution in [0, 0.1) is 25.3 Å². The zero-order chi connectivity index (χ0) is 24.8. The maximum Gasteiger partial charge on any atom is 0.346 e. The Balaban J connectivity index is 1.78. The van der Waals surface area contributed by atoms with Gasteiger partial charge in [0.05, 0.1) is 17.5 Å². The number of nitrogens with zero attached hydrogens (tertiary/aromatic N) is 4. The molecule has 2 heterocycles. The molecular formula is C28H38BN5+. The van der Waals surface area contributed by atoms with Gasteiger partial charge in [-0.05, 0) is 72.5 Å². The zero-order valence-electron chi connectivity index (χ0n) is 21.8. The third-order valence-electron chi connectivity index (χ3n) is 6.48. The molecule has 34 heavy (non-hydrogen) atoms. The molecule has 0 unspecified atom stereocenters. The topological polar surface area (TPSA) is 48.6 Å². The maximum atomic E-state index is 5.85. The van der Waals surface area contributed by atoms with E-state index in [2.05, 4.69) is 94.0 Å². The molecule has 3 rings (SSSR count). The third kappa shape index (κ3) is 6.29. The maximum absolute atomic E-state index is 5.85. The van der Waals surface area contributed by atoms with E-state index in [-0.39, 0.29) is 0 Å². The van der Waals surface area contributed by atoms with Gasteiger partial charge in [-0.3, -0.25) is 10.1 Å². The number of allylic oxidation sites excluding steroid dienone is 3. The molecular weight excluding hydrogens is 417 g/mol. The van der Waals surface area contributed by atoms with Crippen LogP contribution in [0.25, 0.3) is 21.7 Å². The number of rotatable bonds is 9. The molecule has 6 heteroatoms. The molecule has 1 aliphatic rings. The summed E-state index contributed by atoms with van der Waals surface area (Å²) in [5.41, 5.74) is 8.10. The lowest BCUT2D eigenvalue weighted by Gasteiger charge is -2.32. The minimum absolute atomic E-state index is 0.477. The Morgan fingerprint density at radius 2 is 1.91 bits per heavy atom. The molecule has 0 bridgehead atoms. The van der Waals surface area contributed by atoms with Crippen LogP contribution in [0.4, 0.5) is 0 Å². The Bertz CT molecular complexity index is 1120. The molecule has 177 valence electrons. The summed E-state index contributed by atoms with van der Waals surface area (Å²) in [6, 6.07) is 6.76. The molecule has 1 aromatic heterocycles. The number of aliphatic imine (C=N–C) groups is 1. The van der Waals surface area contributed by atoms with Gasteiger partial charge in [0.25, 0.3) is 6.57 Å². The normalized spacial score (nSPS) is 14.9. The standard InChI is InChI=1S/C28H38BN5/c1-18(2)9-11-24(13-19(3)4)34(8)28-29-26(21(6)33-28)15-27(30-7)25-12-10-22(14-20(25)5)23-16-31-32-17-23/h7,10,12,14-19,24H,9,11,13H2,1-6,8H3,(H,31,32)/q+1/b27-15-/t24-/m0/s1. The van der Waals surface area contributed by atoms with Gasteiger partial charge in [-0.2, -0.15) is 5.10 Å². The van der Waals surface area contributed by atoms with E-state index in [1.807, 2.05) is 18.5 Å². The van der Waals surface area contributed by atoms with Crippen LogP contribution in [0.3, 0.4) is 0 Å². The van der Waals surface area contributed by atoms with Crippen LogP contribution in [-0.2, 0) is 0 Å². The molecule has 5 nitrogen and oxygen atoms in total. The summed E-state index contributed by atoms with van der Waals surface area (Å²) in [6.45, 7) is 19.2. The predicted octanol–water partition coefficient (Wildman–Crippen LogP) is 6.78. The minimum Gasteiger partial charge on any atom is -0.368 e.